The first-order chi connectivity index (χ1) is 7.29. The molecular formula is C9H5ClF3O3-. The maximum absolute atomic E-state index is 11.7. The number of carbonyl (C=O) groups is 1. The van der Waals surface area contributed by atoms with Crippen molar-refractivity contribution in [3.05, 3.63) is 34.3 Å². The van der Waals surface area contributed by atoms with E-state index in [1.54, 1.807) is 0 Å². The summed E-state index contributed by atoms with van der Waals surface area (Å²) in [7, 11) is 0. The molecule has 0 radical (unpaired) electrons. The van der Waals surface area contributed by atoms with Gasteiger partial charge in [0.25, 0.3) is 0 Å². The first-order valence-corrected chi connectivity index (χ1v) is 4.38. The summed E-state index contributed by atoms with van der Waals surface area (Å²) in [5, 5.41) is 10.3. The van der Waals surface area contributed by atoms with Crippen LogP contribution in [-0.2, 0) is 11.3 Å². The van der Waals surface area contributed by atoms with Crippen molar-refractivity contribution in [3.8, 4) is 0 Å². The van der Waals surface area contributed by atoms with Crippen LogP contribution in [0.5, 0.6) is 0 Å². The van der Waals surface area contributed by atoms with Crippen molar-refractivity contribution in [2.75, 3.05) is 0 Å². The van der Waals surface area contributed by atoms with Gasteiger partial charge in [0.05, 0.1) is 12.6 Å². The van der Waals surface area contributed by atoms with E-state index < -0.39 is 18.9 Å². The number of carbonyl (C=O) groups excluding carboxylic acids is 1. The number of hydrogen-bond donors (Lipinski definition) is 0. The van der Waals surface area contributed by atoms with E-state index in [1.807, 2.05) is 0 Å². The van der Waals surface area contributed by atoms with Crippen LogP contribution in [0.25, 0.3) is 0 Å². The van der Waals surface area contributed by atoms with Crippen molar-refractivity contribution < 1.29 is 27.8 Å². The smallest absolute Gasteiger partial charge is 0.522 e. The van der Waals surface area contributed by atoms with E-state index in [0.717, 1.165) is 18.2 Å². The maximum atomic E-state index is 11.7. The zero-order valence-electron chi connectivity index (χ0n) is 7.68. The summed E-state index contributed by atoms with van der Waals surface area (Å²) >= 11 is 5.56. The molecule has 0 N–H and O–H groups in total. The minimum atomic E-state index is -4.75. The molecule has 0 atom stereocenters. The van der Waals surface area contributed by atoms with E-state index in [9.17, 15) is 23.1 Å². The van der Waals surface area contributed by atoms with Gasteiger partial charge in [0.1, 0.15) is 0 Å². The third-order valence-electron chi connectivity index (χ3n) is 1.68. The van der Waals surface area contributed by atoms with Gasteiger partial charge in [-0.15, -0.1) is 13.2 Å². The minimum Gasteiger partial charge on any atom is -0.545 e. The van der Waals surface area contributed by atoms with Crippen LogP contribution < -0.4 is 5.11 Å². The average molecular weight is 254 g/mol. The zero-order valence-corrected chi connectivity index (χ0v) is 8.43. The van der Waals surface area contributed by atoms with Crippen LogP contribution in [0.15, 0.2) is 18.2 Å². The Morgan fingerprint density at radius 1 is 1.44 bits per heavy atom. The maximum Gasteiger partial charge on any atom is 0.522 e. The van der Waals surface area contributed by atoms with Gasteiger partial charge in [-0.25, -0.2) is 0 Å². The highest BCUT2D eigenvalue weighted by molar-refractivity contribution is 6.31. The summed E-state index contributed by atoms with van der Waals surface area (Å²) < 4.78 is 38.7. The molecule has 0 unspecified atom stereocenters. The lowest BCUT2D eigenvalue weighted by molar-refractivity contribution is -0.330. The monoisotopic (exact) mass is 253 g/mol. The topological polar surface area (TPSA) is 49.4 Å². The minimum absolute atomic E-state index is 0.0454. The second-order valence-electron chi connectivity index (χ2n) is 2.83. The van der Waals surface area contributed by atoms with E-state index >= 15 is 0 Å². The summed E-state index contributed by atoms with van der Waals surface area (Å²) in [6, 6.07) is 3.24. The summed E-state index contributed by atoms with van der Waals surface area (Å²) in [6.07, 6.45) is -4.75. The highest BCUT2D eigenvalue weighted by atomic mass is 35.5. The number of alkyl halides is 3. The number of carboxylic acids is 1. The van der Waals surface area contributed by atoms with Gasteiger partial charge in [0.2, 0.25) is 0 Å². The molecule has 0 aliphatic heterocycles. The molecule has 3 nitrogen and oxygen atoms in total. The van der Waals surface area contributed by atoms with Crippen molar-refractivity contribution in [1.29, 1.82) is 0 Å². The molecule has 0 bridgehead atoms. The fraction of sp³-hybridized carbons (Fsp3) is 0.222. The van der Waals surface area contributed by atoms with E-state index in [4.69, 9.17) is 11.6 Å². The van der Waals surface area contributed by atoms with Gasteiger partial charge in [0, 0.05) is 5.02 Å². The Morgan fingerprint density at radius 3 is 2.50 bits per heavy atom. The fourth-order valence-electron chi connectivity index (χ4n) is 0.951. The third-order valence-corrected chi connectivity index (χ3v) is 2.03. The molecule has 7 heteroatoms. The SMILES string of the molecule is O=C([O-])c1ccc(COC(F)(F)F)c(Cl)c1. The van der Waals surface area contributed by atoms with E-state index in [2.05, 4.69) is 4.74 Å². The Morgan fingerprint density at radius 2 is 2.06 bits per heavy atom. The Labute approximate surface area is 93.4 Å². The first kappa shape index (κ1) is 12.8. The Balaban J connectivity index is 2.80. The molecule has 1 aromatic rings. The molecule has 16 heavy (non-hydrogen) atoms. The predicted octanol–water partition coefficient (Wildman–Crippen LogP) is 1.74. The average Bonchev–Trinajstić information content (AvgIpc) is 2.14. The van der Waals surface area contributed by atoms with Gasteiger partial charge in [0.15, 0.2) is 0 Å². The van der Waals surface area contributed by atoms with Crippen molar-refractivity contribution >= 4 is 17.6 Å². The van der Waals surface area contributed by atoms with Crippen LogP contribution >= 0.6 is 11.6 Å². The normalized spacial score (nSPS) is 11.5. The van der Waals surface area contributed by atoms with Crippen molar-refractivity contribution in [1.82, 2.24) is 0 Å². The van der Waals surface area contributed by atoms with Crippen molar-refractivity contribution in [2.45, 2.75) is 13.0 Å². The number of aromatic carboxylic acids is 1. The Bertz CT molecular complexity index is 403. The van der Waals surface area contributed by atoms with Crippen LogP contribution in [0.1, 0.15) is 15.9 Å². The number of rotatable bonds is 3. The highest BCUT2D eigenvalue weighted by Gasteiger charge is 2.29. The summed E-state index contributed by atoms with van der Waals surface area (Å²) in [5.74, 6) is -1.45. The number of benzene rings is 1. The van der Waals surface area contributed by atoms with E-state index in [-0.39, 0.29) is 16.1 Å². The predicted molar refractivity (Wildman–Crippen MR) is 46.6 cm³/mol. The molecule has 0 aliphatic rings. The number of halogens is 4. The number of hydrogen-bond acceptors (Lipinski definition) is 3. The van der Waals surface area contributed by atoms with Gasteiger partial charge in [-0.3, -0.25) is 4.74 Å². The Hall–Kier alpha value is -1.27. The van der Waals surface area contributed by atoms with Crippen molar-refractivity contribution in [3.63, 3.8) is 0 Å². The Kier molecular flexibility index (Phi) is 3.77. The van der Waals surface area contributed by atoms with Gasteiger partial charge in [-0.2, -0.15) is 0 Å². The van der Waals surface area contributed by atoms with Crippen LogP contribution in [0.2, 0.25) is 5.02 Å². The molecule has 0 amide bonds. The third kappa shape index (κ3) is 3.71. The van der Waals surface area contributed by atoms with Gasteiger partial charge in [-0.05, 0) is 17.2 Å². The lowest BCUT2D eigenvalue weighted by Crippen LogP contribution is -2.22. The molecule has 0 saturated carbocycles. The molecule has 1 rings (SSSR count). The van der Waals surface area contributed by atoms with Crippen LogP contribution in [0.4, 0.5) is 13.2 Å². The number of ether oxygens (including phenoxy) is 1. The molecule has 1 aromatic carbocycles. The van der Waals surface area contributed by atoms with Crippen LogP contribution in [-0.4, -0.2) is 12.3 Å². The lowest BCUT2D eigenvalue weighted by atomic mass is 10.1. The number of carboxylic acid groups (broad SMARTS) is 1. The summed E-state index contributed by atoms with van der Waals surface area (Å²) in [5.41, 5.74) is -0.162. The van der Waals surface area contributed by atoms with Gasteiger partial charge < -0.3 is 9.90 Å². The van der Waals surface area contributed by atoms with E-state index in [1.165, 1.54) is 0 Å². The fourth-order valence-corrected chi connectivity index (χ4v) is 1.19. The van der Waals surface area contributed by atoms with Gasteiger partial charge in [-0.1, -0.05) is 23.7 Å². The highest BCUT2D eigenvalue weighted by Crippen LogP contribution is 2.23. The lowest BCUT2D eigenvalue weighted by Gasteiger charge is -2.10. The van der Waals surface area contributed by atoms with Crippen molar-refractivity contribution in [2.24, 2.45) is 0 Å². The molecule has 0 heterocycles. The van der Waals surface area contributed by atoms with Crippen LogP contribution in [0, 0.1) is 0 Å². The van der Waals surface area contributed by atoms with E-state index in [0.29, 0.717) is 0 Å². The second kappa shape index (κ2) is 4.71. The molecule has 0 aliphatic carbocycles. The summed E-state index contributed by atoms with van der Waals surface area (Å²) in [4.78, 5) is 10.4. The first-order valence-electron chi connectivity index (χ1n) is 4.00. The molecular weight excluding hydrogens is 249 g/mol. The van der Waals surface area contributed by atoms with Gasteiger partial charge >= 0.3 is 6.36 Å². The quantitative estimate of drug-likeness (QED) is 0.824. The standard InChI is InChI=1S/C9H6ClF3O3/c10-7-3-5(8(14)15)1-2-6(7)4-16-9(11,12)13/h1-3H,4H2,(H,14,15)/p-1. The summed E-state index contributed by atoms with van der Waals surface area (Å²) in [6.45, 7) is -0.768. The zero-order chi connectivity index (χ0) is 12.3. The molecule has 0 aromatic heterocycles. The van der Waals surface area contributed by atoms with Crippen LogP contribution in [0.3, 0.4) is 0 Å². The molecule has 0 spiro atoms. The largest absolute Gasteiger partial charge is 0.545 e. The molecule has 0 fully saturated rings. The molecule has 0 saturated heterocycles. The second-order valence-corrected chi connectivity index (χ2v) is 3.24. The molecule has 88 valence electrons.